The van der Waals surface area contributed by atoms with Crippen molar-refractivity contribution in [3.05, 3.63) is 42.9 Å². The largest absolute Gasteiger partial charge is 0.273 e. The van der Waals surface area contributed by atoms with E-state index < -0.39 is 0 Å². The molecule has 2 rings (SSSR count). The first-order chi connectivity index (χ1) is 7.79. The highest BCUT2D eigenvalue weighted by atomic mass is 16.2. The summed E-state index contributed by atoms with van der Waals surface area (Å²) in [5, 5.41) is 0. The van der Waals surface area contributed by atoms with Crippen LogP contribution < -0.4 is 5.43 Å². The molecule has 0 fully saturated rings. The fraction of sp³-hybridized carbons (Fsp3) is 0.167. The molecule has 0 radical (unpaired) electrons. The first-order valence-corrected chi connectivity index (χ1v) is 5.19. The maximum Gasteiger partial charge on any atom is 0.238 e. The molecule has 1 aromatic heterocycles. The number of aromatic nitrogens is 2. The minimum Gasteiger partial charge on any atom is -0.273 e. The normalized spacial score (nSPS) is 10.1. The van der Waals surface area contributed by atoms with E-state index in [2.05, 4.69) is 10.4 Å². The third-order valence-electron chi connectivity index (χ3n) is 2.23. The van der Waals surface area contributed by atoms with Gasteiger partial charge in [0.2, 0.25) is 5.91 Å². The molecule has 16 heavy (non-hydrogen) atoms. The summed E-state index contributed by atoms with van der Waals surface area (Å²) in [6.45, 7) is 1.81. The fourth-order valence-electron chi connectivity index (χ4n) is 1.36. The van der Waals surface area contributed by atoms with E-state index in [9.17, 15) is 4.79 Å². The van der Waals surface area contributed by atoms with Crippen molar-refractivity contribution in [2.24, 2.45) is 0 Å². The lowest BCUT2D eigenvalue weighted by atomic mass is 10.2. The summed E-state index contributed by atoms with van der Waals surface area (Å²) in [4.78, 5) is 15.4. The second-order valence-corrected chi connectivity index (χ2v) is 3.42. The Hall–Kier alpha value is -2.10. The predicted octanol–water partition coefficient (Wildman–Crippen LogP) is 2.03. The van der Waals surface area contributed by atoms with Crippen molar-refractivity contribution in [3.63, 3.8) is 0 Å². The van der Waals surface area contributed by atoms with Crippen LogP contribution in [0.2, 0.25) is 0 Å². The predicted molar refractivity (Wildman–Crippen MR) is 62.3 cm³/mol. The molecule has 0 saturated carbocycles. The Labute approximate surface area is 93.9 Å². The minimum absolute atomic E-state index is 0.0305. The van der Waals surface area contributed by atoms with Crippen molar-refractivity contribution >= 4 is 5.91 Å². The maximum absolute atomic E-state index is 11.2. The van der Waals surface area contributed by atoms with Gasteiger partial charge < -0.3 is 0 Å². The first kappa shape index (κ1) is 10.4. The average molecular weight is 215 g/mol. The molecule has 1 heterocycles. The molecule has 0 saturated heterocycles. The number of carbonyl (C=O) groups is 1. The van der Waals surface area contributed by atoms with Gasteiger partial charge in [0.25, 0.3) is 0 Å². The summed E-state index contributed by atoms with van der Waals surface area (Å²) in [5.74, 6) is -0.0305. The zero-order chi connectivity index (χ0) is 11.4. The van der Waals surface area contributed by atoms with E-state index in [-0.39, 0.29) is 5.91 Å². The van der Waals surface area contributed by atoms with Gasteiger partial charge in [0.05, 0.1) is 11.9 Å². The lowest BCUT2D eigenvalue weighted by Crippen LogP contribution is -2.19. The van der Waals surface area contributed by atoms with Gasteiger partial charge in [0.1, 0.15) is 6.33 Å². The Bertz CT molecular complexity index is 476. The minimum atomic E-state index is -0.0305. The van der Waals surface area contributed by atoms with Crippen LogP contribution in [0.15, 0.2) is 42.9 Å². The zero-order valence-electron chi connectivity index (χ0n) is 9.05. The quantitative estimate of drug-likeness (QED) is 0.851. The number of benzene rings is 1. The Morgan fingerprint density at radius 3 is 2.81 bits per heavy atom. The van der Waals surface area contributed by atoms with Crippen LogP contribution in [0.25, 0.3) is 11.3 Å². The topological polar surface area (TPSA) is 46.9 Å². The number of nitrogens with zero attached hydrogens (tertiary/aromatic N) is 2. The van der Waals surface area contributed by atoms with E-state index in [1.807, 2.05) is 37.3 Å². The van der Waals surface area contributed by atoms with Crippen molar-refractivity contribution in [2.45, 2.75) is 13.3 Å². The molecule has 0 atom stereocenters. The summed E-state index contributed by atoms with van der Waals surface area (Å²) >= 11 is 0. The van der Waals surface area contributed by atoms with E-state index >= 15 is 0 Å². The number of carbonyl (C=O) groups excluding carboxylic acids is 1. The van der Waals surface area contributed by atoms with Crippen molar-refractivity contribution in [3.8, 4) is 11.3 Å². The molecule has 82 valence electrons. The molecule has 0 unspecified atom stereocenters. The number of hydrogen-bond acceptors (Lipinski definition) is 2. The highest BCUT2D eigenvalue weighted by molar-refractivity contribution is 5.83. The Morgan fingerprint density at radius 2 is 2.12 bits per heavy atom. The molecule has 2 aromatic rings. The van der Waals surface area contributed by atoms with Gasteiger partial charge >= 0.3 is 0 Å². The summed E-state index contributed by atoms with van der Waals surface area (Å²) in [5.41, 5.74) is 4.58. The number of amides is 1. The van der Waals surface area contributed by atoms with Crippen LogP contribution in [-0.2, 0) is 4.79 Å². The Balaban J connectivity index is 2.17. The Kier molecular flexibility index (Phi) is 3.00. The molecule has 0 aliphatic rings. The van der Waals surface area contributed by atoms with Gasteiger partial charge in [-0.05, 0) is 0 Å². The summed E-state index contributed by atoms with van der Waals surface area (Å²) < 4.78 is 1.58. The van der Waals surface area contributed by atoms with Gasteiger partial charge in [-0.3, -0.25) is 10.2 Å². The van der Waals surface area contributed by atoms with E-state index in [4.69, 9.17) is 0 Å². The number of nitrogens with one attached hydrogen (secondary N) is 1. The summed E-state index contributed by atoms with van der Waals surface area (Å²) in [6.07, 6.45) is 3.84. The number of rotatable bonds is 3. The Morgan fingerprint density at radius 1 is 1.38 bits per heavy atom. The van der Waals surface area contributed by atoms with E-state index in [1.54, 1.807) is 17.2 Å². The van der Waals surface area contributed by atoms with Gasteiger partial charge in [-0.15, -0.1) is 0 Å². The van der Waals surface area contributed by atoms with Crippen molar-refractivity contribution in [1.82, 2.24) is 9.66 Å². The van der Waals surface area contributed by atoms with Gasteiger partial charge in [0, 0.05) is 12.0 Å². The fourth-order valence-corrected chi connectivity index (χ4v) is 1.36. The average Bonchev–Trinajstić information content (AvgIpc) is 2.78. The molecule has 4 nitrogen and oxygen atoms in total. The second kappa shape index (κ2) is 4.61. The molecule has 0 aliphatic heterocycles. The third-order valence-corrected chi connectivity index (χ3v) is 2.23. The highest BCUT2D eigenvalue weighted by Crippen LogP contribution is 2.15. The molecule has 1 amide bonds. The van der Waals surface area contributed by atoms with Gasteiger partial charge in [-0.25, -0.2) is 9.66 Å². The molecule has 0 bridgehead atoms. The number of hydrogen-bond donors (Lipinski definition) is 1. The van der Waals surface area contributed by atoms with E-state index in [0.29, 0.717) is 6.42 Å². The summed E-state index contributed by atoms with van der Waals surface area (Å²) in [7, 11) is 0. The van der Waals surface area contributed by atoms with E-state index in [1.165, 1.54) is 0 Å². The smallest absolute Gasteiger partial charge is 0.238 e. The van der Waals surface area contributed by atoms with Crippen LogP contribution in [-0.4, -0.2) is 15.6 Å². The summed E-state index contributed by atoms with van der Waals surface area (Å²) in [6, 6.07) is 9.83. The van der Waals surface area contributed by atoms with Crippen LogP contribution in [0, 0.1) is 0 Å². The molecule has 0 spiro atoms. The standard InChI is InChI=1S/C12H13N3O/c1-2-12(16)14-15-8-11(13-9-15)10-6-4-3-5-7-10/h3-9H,2H2,1H3,(H,14,16). The molecular formula is C12H13N3O. The molecular weight excluding hydrogens is 202 g/mol. The molecule has 1 N–H and O–H groups in total. The van der Waals surface area contributed by atoms with Crippen LogP contribution in [0.4, 0.5) is 0 Å². The SMILES string of the molecule is CCC(=O)Nn1cnc(-c2ccccc2)c1. The van der Waals surface area contributed by atoms with Crippen molar-refractivity contribution in [1.29, 1.82) is 0 Å². The lowest BCUT2D eigenvalue weighted by Gasteiger charge is -2.01. The maximum atomic E-state index is 11.2. The van der Waals surface area contributed by atoms with Gasteiger partial charge in [-0.2, -0.15) is 0 Å². The molecule has 1 aromatic carbocycles. The molecule has 0 aliphatic carbocycles. The second-order valence-electron chi connectivity index (χ2n) is 3.42. The van der Waals surface area contributed by atoms with Crippen LogP contribution in [0.1, 0.15) is 13.3 Å². The van der Waals surface area contributed by atoms with E-state index in [0.717, 1.165) is 11.3 Å². The van der Waals surface area contributed by atoms with Gasteiger partial charge in [-0.1, -0.05) is 37.3 Å². The van der Waals surface area contributed by atoms with Crippen molar-refractivity contribution < 1.29 is 4.79 Å². The van der Waals surface area contributed by atoms with Crippen molar-refractivity contribution in [2.75, 3.05) is 5.43 Å². The first-order valence-electron chi connectivity index (χ1n) is 5.19. The van der Waals surface area contributed by atoms with Crippen LogP contribution in [0.5, 0.6) is 0 Å². The molecule has 4 heteroatoms. The van der Waals surface area contributed by atoms with Crippen LogP contribution in [0.3, 0.4) is 0 Å². The lowest BCUT2D eigenvalue weighted by molar-refractivity contribution is -0.116. The monoisotopic (exact) mass is 215 g/mol. The number of imidazole rings is 1. The van der Waals surface area contributed by atoms with Crippen LogP contribution >= 0.6 is 0 Å². The third kappa shape index (κ3) is 2.28. The van der Waals surface area contributed by atoms with Gasteiger partial charge in [0.15, 0.2) is 0 Å². The zero-order valence-corrected chi connectivity index (χ0v) is 9.05. The highest BCUT2D eigenvalue weighted by Gasteiger charge is 2.02.